The highest BCUT2D eigenvalue weighted by molar-refractivity contribution is 5.89. The van der Waals surface area contributed by atoms with Gasteiger partial charge in [-0.3, -0.25) is 9.59 Å². The van der Waals surface area contributed by atoms with E-state index in [1.807, 2.05) is 18.2 Å². The lowest BCUT2D eigenvalue weighted by Gasteiger charge is -2.26. The fourth-order valence-corrected chi connectivity index (χ4v) is 2.57. The number of hydrogen-bond acceptors (Lipinski definition) is 2. The highest BCUT2D eigenvalue weighted by Gasteiger charge is 2.35. The van der Waals surface area contributed by atoms with E-state index < -0.39 is 11.9 Å². The maximum Gasteiger partial charge on any atom is 0.311 e. The van der Waals surface area contributed by atoms with Crippen molar-refractivity contribution in [3.05, 3.63) is 35.9 Å². The molecule has 1 N–H and O–H groups in total. The average molecular weight is 232 g/mol. The van der Waals surface area contributed by atoms with Crippen molar-refractivity contribution in [1.82, 2.24) is 0 Å². The standard InChI is InChI=1S/C14H16O3/c15-12-9-5-4-8-11(12)13(14(16)17)10-6-2-1-3-7-10/h1-3,6-7,11,13H,4-5,8-9H2,(H,16,17). The van der Waals surface area contributed by atoms with E-state index in [1.165, 1.54) is 0 Å². The molecule has 1 aliphatic rings. The molecule has 1 aromatic carbocycles. The summed E-state index contributed by atoms with van der Waals surface area (Å²) >= 11 is 0. The minimum atomic E-state index is -0.892. The minimum absolute atomic E-state index is 0.104. The van der Waals surface area contributed by atoms with Crippen LogP contribution in [-0.2, 0) is 9.59 Å². The second kappa shape index (κ2) is 5.13. The SMILES string of the molecule is O=C1CCCCC1C(C(=O)O)c1ccccc1. The van der Waals surface area contributed by atoms with E-state index in [4.69, 9.17) is 0 Å². The second-order valence-electron chi connectivity index (χ2n) is 4.55. The third-order valence-electron chi connectivity index (χ3n) is 3.43. The van der Waals surface area contributed by atoms with Crippen LogP contribution in [0.2, 0.25) is 0 Å². The molecule has 90 valence electrons. The first kappa shape index (κ1) is 11.8. The Hall–Kier alpha value is -1.64. The zero-order valence-electron chi connectivity index (χ0n) is 9.63. The highest BCUT2D eigenvalue weighted by atomic mass is 16.4. The van der Waals surface area contributed by atoms with E-state index in [2.05, 4.69) is 0 Å². The van der Waals surface area contributed by atoms with Crippen molar-refractivity contribution >= 4 is 11.8 Å². The highest BCUT2D eigenvalue weighted by Crippen LogP contribution is 2.34. The van der Waals surface area contributed by atoms with Crippen LogP contribution in [0.4, 0.5) is 0 Å². The van der Waals surface area contributed by atoms with Crippen molar-refractivity contribution in [2.24, 2.45) is 5.92 Å². The molecule has 0 aromatic heterocycles. The summed E-state index contributed by atoms with van der Waals surface area (Å²) in [6.07, 6.45) is 3.08. The Morgan fingerprint density at radius 2 is 1.94 bits per heavy atom. The van der Waals surface area contributed by atoms with Gasteiger partial charge in [0.05, 0.1) is 5.92 Å². The van der Waals surface area contributed by atoms with Gasteiger partial charge in [-0.05, 0) is 18.4 Å². The van der Waals surface area contributed by atoms with Crippen LogP contribution in [0.5, 0.6) is 0 Å². The molecule has 2 rings (SSSR count). The van der Waals surface area contributed by atoms with Crippen LogP contribution in [-0.4, -0.2) is 16.9 Å². The van der Waals surface area contributed by atoms with E-state index in [1.54, 1.807) is 12.1 Å². The molecule has 3 nitrogen and oxygen atoms in total. The van der Waals surface area contributed by atoms with E-state index >= 15 is 0 Å². The minimum Gasteiger partial charge on any atom is -0.481 e. The summed E-state index contributed by atoms with van der Waals surface area (Å²) in [5, 5.41) is 9.34. The van der Waals surface area contributed by atoms with Crippen LogP contribution in [0.1, 0.15) is 37.2 Å². The predicted octanol–water partition coefficient (Wildman–Crippen LogP) is 2.61. The van der Waals surface area contributed by atoms with Crippen LogP contribution in [0.3, 0.4) is 0 Å². The molecule has 0 radical (unpaired) electrons. The lowest BCUT2D eigenvalue weighted by molar-refractivity contribution is -0.143. The summed E-state index contributed by atoms with van der Waals surface area (Å²) in [5.41, 5.74) is 0.736. The maximum absolute atomic E-state index is 11.9. The Balaban J connectivity index is 2.29. The zero-order valence-corrected chi connectivity index (χ0v) is 9.63. The molecule has 0 spiro atoms. The van der Waals surface area contributed by atoms with Gasteiger partial charge in [0.1, 0.15) is 5.78 Å². The number of benzene rings is 1. The molecule has 1 aromatic rings. The van der Waals surface area contributed by atoms with Crippen molar-refractivity contribution in [3.8, 4) is 0 Å². The Bertz CT molecular complexity index is 411. The molecule has 0 amide bonds. The van der Waals surface area contributed by atoms with Crippen molar-refractivity contribution in [1.29, 1.82) is 0 Å². The number of carboxylic acids is 1. The molecule has 0 heterocycles. The van der Waals surface area contributed by atoms with E-state index in [9.17, 15) is 14.7 Å². The summed E-state index contributed by atoms with van der Waals surface area (Å²) in [6, 6.07) is 9.07. The van der Waals surface area contributed by atoms with Gasteiger partial charge in [0.15, 0.2) is 0 Å². The van der Waals surface area contributed by atoms with Gasteiger partial charge in [-0.25, -0.2) is 0 Å². The fourth-order valence-electron chi connectivity index (χ4n) is 2.57. The lowest BCUT2D eigenvalue weighted by Crippen LogP contribution is -2.30. The molecule has 1 aliphatic carbocycles. The van der Waals surface area contributed by atoms with E-state index in [0.717, 1.165) is 18.4 Å². The van der Waals surface area contributed by atoms with Gasteiger partial charge in [-0.2, -0.15) is 0 Å². The van der Waals surface area contributed by atoms with Crippen LogP contribution >= 0.6 is 0 Å². The largest absolute Gasteiger partial charge is 0.481 e. The summed E-state index contributed by atoms with van der Waals surface area (Å²) in [7, 11) is 0. The molecule has 0 saturated heterocycles. The number of rotatable bonds is 3. The van der Waals surface area contributed by atoms with E-state index in [-0.39, 0.29) is 11.7 Å². The molecule has 3 heteroatoms. The fraction of sp³-hybridized carbons (Fsp3) is 0.429. The summed E-state index contributed by atoms with van der Waals surface area (Å²) in [6.45, 7) is 0. The number of carboxylic acid groups (broad SMARTS) is 1. The molecule has 1 fully saturated rings. The average Bonchev–Trinajstić information content (AvgIpc) is 2.33. The van der Waals surface area contributed by atoms with Crippen molar-refractivity contribution in [2.45, 2.75) is 31.6 Å². The Morgan fingerprint density at radius 3 is 2.53 bits per heavy atom. The van der Waals surface area contributed by atoms with Crippen molar-refractivity contribution in [3.63, 3.8) is 0 Å². The first-order chi connectivity index (χ1) is 8.20. The normalized spacial score (nSPS) is 22.1. The smallest absolute Gasteiger partial charge is 0.311 e. The number of Topliss-reactive ketones (excluding diaryl/α,β-unsaturated/α-hetero) is 1. The monoisotopic (exact) mass is 232 g/mol. The van der Waals surface area contributed by atoms with Crippen LogP contribution in [0, 0.1) is 5.92 Å². The Morgan fingerprint density at radius 1 is 1.24 bits per heavy atom. The van der Waals surface area contributed by atoms with Gasteiger partial charge >= 0.3 is 5.97 Å². The van der Waals surface area contributed by atoms with Crippen LogP contribution < -0.4 is 0 Å². The molecule has 1 saturated carbocycles. The van der Waals surface area contributed by atoms with Crippen LogP contribution in [0.25, 0.3) is 0 Å². The number of aliphatic carboxylic acids is 1. The number of ketones is 1. The third kappa shape index (κ3) is 2.54. The van der Waals surface area contributed by atoms with Crippen molar-refractivity contribution in [2.75, 3.05) is 0 Å². The summed E-state index contributed by atoms with van der Waals surface area (Å²) in [5.74, 6) is -1.81. The number of carbonyl (C=O) groups excluding carboxylic acids is 1. The molecular weight excluding hydrogens is 216 g/mol. The first-order valence-corrected chi connectivity index (χ1v) is 6.00. The summed E-state index contributed by atoms with van der Waals surface area (Å²) in [4.78, 5) is 23.2. The predicted molar refractivity (Wildman–Crippen MR) is 63.8 cm³/mol. The van der Waals surface area contributed by atoms with Gasteiger partial charge in [-0.1, -0.05) is 36.8 Å². The van der Waals surface area contributed by atoms with Gasteiger partial charge < -0.3 is 5.11 Å². The quantitative estimate of drug-likeness (QED) is 0.871. The lowest BCUT2D eigenvalue weighted by atomic mass is 9.76. The maximum atomic E-state index is 11.9. The third-order valence-corrected chi connectivity index (χ3v) is 3.43. The van der Waals surface area contributed by atoms with Crippen LogP contribution in [0.15, 0.2) is 30.3 Å². The zero-order chi connectivity index (χ0) is 12.3. The Labute approximate surface area is 100 Å². The second-order valence-corrected chi connectivity index (χ2v) is 4.55. The molecular formula is C14H16O3. The first-order valence-electron chi connectivity index (χ1n) is 6.00. The van der Waals surface area contributed by atoms with Gasteiger partial charge in [0.2, 0.25) is 0 Å². The summed E-state index contributed by atoms with van der Waals surface area (Å²) < 4.78 is 0. The number of carbonyl (C=O) groups is 2. The van der Waals surface area contributed by atoms with Gasteiger partial charge in [-0.15, -0.1) is 0 Å². The van der Waals surface area contributed by atoms with Gasteiger partial charge in [0.25, 0.3) is 0 Å². The molecule has 0 aliphatic heterocycles. The van der Waals surface area contributed by atoms with Crippen molar-refractivity contribution < 1.29 is 14.7 Å². The van der Waals surface area contributed by atoms with Gasteiger partial charge in [0, 0.05) is 12.3 Å². The number of hydrogen-bond donors (Lipinski definition) is 1. The Kier molecular flexibility index (Phi) is 3.57. The molecule has 2 atom stereocenters. The topological polar surface area (TPSA) is 54.4 Å². The molecule has 17 heavy (non-hydrogen) atoms. The molecule has 0 bridgehead atoms. The van der Waals surface area contributed by atoms with E-state index in [0.29, 0.717) is 12.8 Å². The molecule has 2 unspecified atom stereocenters.